The summed E-state index contributed by atoms with van der Waals surface area (Å²) in [6, 6.07) is 18.2. The number of ether oxygens (including phenoxy) is 1. The molecule has 0 unspecified atom stereocenters. The molecule has 0 N–H and O–H groups in total. The van der Waals surface area contributed by atoms with E-state index in [0.29, 0.717) is 17.1 Å². The molecular weight excluding hydrogens is 266 g/mol. The molecule has 1 aliphatic rings. The highest BCUT2D eigenvalue weighted by atomic mass is 16.5. The molecule has 1 heterocycles. The Balaban J connectivity index is 2.00. The molecule has 2 aromatic carbocycles. The highest BCUT2D eigenvalue weighted by Gasteiger charge is 2.24. The van der Waals surface area contributed by atoms with Gasteiger partial charge in [-0.05, 0) is 30.3 Å². The van der Waals surface area contributed by atoms with Crippen LogP contribution >= 0.6 is 0 Å². The zero-order chi connectivity index (χ0) is 14.7. The third kappa shape index (κ3) is 2.60. The van der Waals surface area contributed by atoms with Gasteiger partial charge in [0.2, 0.25) is 5.90 Å². The minimum atomic E-state index is -0.273. The number of nitriles is 1. The monoisotopic (exact) mass is 277 g/mol. The van der Waals surface area contributed by atoms with Gasteiger partial charge in [-0.1, -0.05) is 24.3 Å². The Morgan fingerprint density at radius 2 is 1.95 bits per heavy atom. The number of rotatable bonds is 2. The van der Waals surface area contributed by atoms with Crippen LogP contribution in [0.3, 0.4) is 0 Å². The lowest BCUT2D eigenvalue weighted by molar-refractivity contribution is -0.121. The lowest BCUT2D eigenvalue weighted by Crippen LogP contribution is -2.36. The molecule has 1 amide bonds. The zero-order valence-electron chi connectivity index (χ0n) is 11.1. The molecule has 1 aliphatic heterocycles. The Morgan fingerprint density at radius 3 is 2.71 bits per heavy atom. The van der Waals surface area contributed by atoms with Crippen molar-refractivity contribution in [1.82, 2.24) is 0 Å². The largest absolute Gasteiger partial charge is 0.466 e. The Bertz CT molecular complexity index is 748. The lowest BCUT2D eigenvalue weighted by atomic mass is 10.2. The predicted molar refractivity (Wildman–Crippen MR) is 77.6 cm³/mol. The molecule has 21 heavy (non-hydrogen) atoms. The molecule has 0 aromatic heterocycles. The number of benzene rings is 2. The van der Waals surface area contributed by atoms with Crippen LogP contribution in [0.1, 0.15) is 11.1 Å². The minimum absolute atomic E-state index is 0.0789. The molecule has 0 aliphatic carbocycles. The molecule has 2 aromatic rings. The average molecular weight is 277 g/mol. The van der Waals surface area contributed by atoms with E-state index in [1.807, 2.05) is 36.4 Å². The molecule has 0 saturated heterocycles. The van der Waals surface area contributed by atoms with Gasteiger partial charge in [-0.15, -0.1) is 5.10 Å². The average Bonchev–Trinajstić information content (AvgIpc) is 2.56. The summed E-state index contributed by atoms with van der Waals surface area (Å²) in [5.41, 5.74) is 1.82. The molecule has 0 radical (unpaired) electrons. The van der Waals surface area contributed by atoms with Crippen molar-refractivity contribution in [3.63, 3.8) is 0 Å². The second-order valence-electron chi connectivity index (χ2n) is 4.43. The summed E-state index contributed by atoms with van der Waals surface area (Å²) in [5, 5.41) is 14.5. The van der Waals surface area contributed by atoms with Gasteiger partial charge < -0.3 is 4.74 Å². The molecule has 0 saturated carbocycles. The fourth-order valence-corrected chi connectivity index (χ4v) is 2.00. The second-order valence-corrected chi connectivity index (χ2v) is 4.43. The van der Waals surface area contributed by atoms with Gasteiger partial charge in [0.1, 0.15) is 0 Å². The molecule has 0 atom stereocenters. The number of carbonyl (C=O) groups excluding carboxylic acids is 1. The van der Waals surface area contributed by atoms with E-state index in [2.05, 4.69) is 5.10 Å². The summed E-state index contributed by atoms with van der Waals surface area (Å²) in [7, 11) is 0. The standard InChI is InChI=1S/C16H11N3O2/c17-10-12-5-4-8-14(9-12)19-15(20)11-21-16(18-19)13-6-2-1-3-7-13/h1-9H,11H2. The van der Waals surface area contributed by atoms with Gasteiger partial charge in [0.15, 0.2) is 6.61 Å². The zero-order valence-corrected chi connectivity index (χ0v) is 11.1. The van der Waals surface area contributed by atoms with Crippen LogP contribution in [0.15, 0.2) is 59.7 Å². The molecule has 0 bridgehead atoms. The fourth-order valence-electron chi connectivity index (χ4n) is 2.00. The normalized spacial score (nSPS) is 14.1. The van der Waals surface area contributed by atoms with Crippen molar-refractivity contribution >= 4 is 17.5 Å². The third-order valence-corrected chi connectivity index (χ3v) is 3.00. The van der Waals surface area contributed by atoms with Crippen LogP contribution in [0.25, 0.3) is 0 Å². The van der Waals surface area contributed by atoms with Gasteiger partial charge >= 0.3 is 0 Å². The number of hydrogen-bond donors (Lipinski definition) is 0. The number of hydrogen-bond acceptors (Lipinski definition) is 4. The molecular formula is C16H11N3O2. The van der Waals surface area contributed by atoms with Gasteiger partial charge in [0.05, 0.1) is 17.3 Å². The maximum Gasteiger partial charge on any atom is 0.285 e. The van der Waals surface area contributed by atoms with E-state index in [1.54, 1.807) is 24.3 Å². The Kier molecular flexibility index (Phi) is 3.36. The summed E-state index contributed by atoms with van der Waals surface area (Å²) in [4.78, 5) is 12.0. The summed E-state index contributed by atoms with van der Waals surface area (Å²) >= 11 is 0. The predicted octanol–water partition coefficient (Wildman–Crippen LogP) is 2.28. The maximum atomic E-state index is 12.0. The van der Waals surface area contributed by atoms with Crippen LogP contribution in [0.2, 0.25) is 0 Å². The third-order valence-electron chi connectivity index (χ3n) is 3.00. The van der Waals surface area contributed by atoms with Crippen LogP contribution in [-0.4, -0.2) is 18.4 Å². The number of nitrogens with zero attached hydrogens (tertiary/aromatic N) is 3. The van der Waals surface area contributed by atoms with Crippen molar-refractivity contribution in [3.05, 3.63) is 65.7 Å². The molecule has 5 nitrogen and oxygen atoms in total. The lowest BCUT2D eigenvalue weighted by Gasteiger charge is -2.23. The SMILES string of the molecule is N#Cc1cccc(N2N=C(c3ccccc3)OCC2=O)c1. The first-order chi connectivity index (χ1) is 10.3. The summed E-state index contributed by atoms with van der Waals surface area (Å²) in [5.74, 6) is 0.113. The molecule has 102 valence electrons. The van der Waals surface area contributed by atoms with Gasteiger partial charge in [-0.3, -0.25) is 4.79 Å². The maximum absolute atomic E-state index is 12.0. The highest BCUT2D eigenvalue weighted by Crippen LogP contribution is 2.20. The number of amides is 1. The van der Waals surface area contributed by atoms with Crippen LogP contribution in [0, 0.1) is 11.3 Å². The summed E-state index contributed by atoms with van der Waals surface area (Å²) < 4.78 is 5.38. The first-order valence-electron chi connectivity index (χ1n) is 6.38. The van der Waals surface area contributed by atoms with Crippen molar-refractivity contribution in [2.75, 3.05) is 11.6 Å². The first-order valence-corrected chi connectivity index (χ1v) is 6.38. The topological polar surface area (TPSA) is 65.7 Å². The van der Waals surface area contributed by atoms with E-state index < -0.39 is 0 Å². The van der Waals surface area contributed by atoms with E-state index in [4.69, 9.17) is 10.00 Å². The van der Waals surface area contributed by atoms with E-state index in [0.717, 1.165) is 5.56 Å². The van der Waals surface area contributed by atoms with Crippen LogP contribution in [0.4, 0.5) is 5.69 Å². The Hall–Kier alpha value is -3.13. The van der Waals surface area contributed by atoms with Crippen molar-refractivity contribution in [2.45, 2.75) is 0 Å². The quantitative estimate of drug-likeness (QED) is 0.845. The van der Waals surface area contributed by atoms with Gasteiger partial charge in [-0.25, -0.2) is 0 Å². The smallest absolute Gasteiger partial charge is 0.285 e. The van der Waals surface area contributed by atoms with Crippen molar-refractivity contribution in [2.24, 2.45) is 5.10 Å². The summed E-state index contributed by atoms with van der Waals surface area (Å²) in [6.07, 6.45) is 0. The van der Waals surface area contributed by atoms with E-state index in [9.17, 15) is 4.79 Å². The first kappa shape index (κ1) is 12.9. The summed E-state index contributed by atoms with van der Waals surface area (Å²) in [6.45, 7) is -0.0789. The number of hydrazone groups is 1. The molecule has 3 rings (SSSR count). The Labute approximate surface area is 121 Å². The van der Waals surface area contributed by atoms with E-state index in [1.165, 1.54) is 5.01 Å². The van der Waals surface area contributed by atoms with Gasteiger partial charge in [0.25, 0.3) is 5.91 Å². The molecule has 0 fully saturated rings. The Morgan fingerprint density at radius 1 is 1.14 bits per heavy atom. The van der Waals surface area contributed by atoms with Crippen LogP contribution in [-0.2, 0) is 9.53 Å². The minimum Gasteiger partial charge on any atom is -0.466 e. The van der Waals surface area contributed by atoms with E-state index in [-0.39, 0.29) is 12.5 Å². The van der Waals surface area contributed by atoms with Crippen molar-refractivity contribution < 1.29 is 9.53 Å². The number of anilines is 1. The molecule has 0 spiro atoms. The molecule has 5 heteroatoms. The van der Waals surface area contributed by atoms with Gasteiger partial charge in [-0.2, -0.15) is 10.3 Å². The van der Waals surface area contributed by atoms with Crippen LogP contribution in [0.5, 0.6) is 0 Å². The van der Waals surface area contributed by atoms with Gasteiger partial charge in [0, 0.05) is 5.56 Å². The fraction of sp³-hybridized carbons (Fsp3) is 0.0625. The number of carbonyl (C=O) groups is 1. The van der Waals surface area contributed by atoms with E-state index >= 15 is 0 Å². The van der Waals surface area contributed by atoms with Crippen molar-refractivity contribution in [3.8, 4) is 6.07 Å². The van der Waals surface area contributed by atoms with Crippen LogP contribution < -0.4 is 5.01 Å². The highest BCUT2D eigenvalue weighted by molar-refractivity contribution is 6.04. The second kappa shape index (κ2) is 5.47. The van der Waals surface area contributed by atoms with Crippen molar-refractivity contribution in [1.29, 1.82) is 5.26 Å².